The summed E-state index contributed by atoms with van der Waals surface area (Å²) in [6.07, 6.45) is 1.47. The van der Waals surface area contributed by atoms with Crippen LogP contribution in [0.1, 0.15) is 26.3 Å². The maximum Gasteiger partial charge on any atom is 0.269 e. The number of nitrogens with zero attached hydrogens (tertiary/aromatic N) is 1. The first kappa shape index (κ1) is 12.9. The summed E-state index contributed by atoms with van der Waals surface area (Å²) in [6.45, 7) is 0. The van der Waals surface area contributed by atoms with Crippen LogP contribution in [0.2, 0.25) is 0 Å². The molecule has 102 valence electrons. The molecule has 3 rings (SSSR count). The van der Waals surface area contributed by atoms with Gasteiger partial charge in [-0.2, -0.15) is 0 Å². The van der Waals surface area contributed by atoms with Gasteiger partial charge < -0.3 is 0 Å². The summed E-state index contributed by atoms with van der Waals surface area (Å²) in [7, 11) is 0. The van der Waals surface area contributed by atoms with E-state index in [1.807, 2.05) is 0 Å². The van der Waals surface area contributed by atoms with Gasteiger partial charge in [0.1, 0.15) is 0 Å². The van der Waals surface area contributed by atoms with E-state index in [0.717, 1.165) is 0 Å². The molecule has 1 aliphatic carbocycles. The van der Waals surface area contributed by atoms with Gasteiger partial charge in [0.05, 0.1) is 10.5 Å². The fourth-order valence-corrected chi connectivity index (χ4v) is 2.26. The van der Waals surface area contributed by atoms with Crippen LogP contribution in [0.3, 0.4) is 0 Å². The van der Waals surface area contributed by atoms with E-state index in [4.69, 9.17) is 0 Å². The summed E-state index contributed by atoms with van der Waals surface area (Å²) >= 11 is 0. The SMILES string of the molecule is O=C1C(=Cc2ccc([N+](=O)[O-])cc2)C(=O)c2ccccc21. The number of carbonyl (C=O) groups is 2. The summed E-state index contributed by atoms with van der Waals surface area (Å²) in [6, 6.07) is 12.3. The lowest BCUT2D eigenvalue weighted by Crippen LogP contribution is -2.00. The Kier molecular flexibility index (Phi) is 2.95. The quantitative estimate of drug-likeness (QED) is 0.366. The van der Waals surface area contributed by atoms with Gasteiger partial charge in [-0.05, 0) is 23.8 Å². The second-order valence-electron chi connectivity index (χ2n) is 4.61. The third-order valence-electron chi connectivity index (χ3n) is 3.32. The van der Waals surface area contributed by atoms with Crippen LogP contribution in [0.15, 0.2) is 54.1 Å². The molecule has 0 unspecified atom stereocenters. The van der Waals surface area contributed by atoms with Crippen LogP contribution < -0.4 is 0 Å². The highest BCUT2D eigenvalue weighted by Crippen LogP contribution is 2.27. The molecule has 0 spiro atoms. The summed E-state index contributed by atoms with van der Waals surface area (Å²) in [5.41, 5.74) is 1.42. The molecule has 0 bridgehead atoms. The van der Waals surface area contributed by atoms with Crippen molar-refractivity contribution in [1.29, 1.82) is 0 Å². The van der Waals surface area contributed by atoms with Crippen molar-refractivity contribution in [1.82, 2.24) is 0 Å². The second kappa shape index (κ2) is 4.79. The molecule has 5 heteroatoms. The van der Waals surface area contributed by atoms with Crippen LogP contribution in [0.5, 0.6) is 0 Å². The molecule has 0 fully saturated rings. The first-order valence-electron chi connectivity index (χ1n) is 6.22. The van der Waals surface area contributed by atoms with Crippen molar-refractivity contribution in [2.75, 3.05) is 0 Å². The number of carbonyl (C=O) groups excluding carboxylic acids is 2. The number of allylic oxidation sites excluding steroid dienone is 1. The van der Waals surface area contributed by atoms with Gasteiger partial charge in [0.25, 0.3) is 5.69 Å². The summed E-state index contributed by atoms with van der Waals surface area (Å²) in [4.78, 5) is 34.5. The molecule has 0 heterocycles. The fourth-order valence-electron chi connectivity index (χ4n) is 2.26. The molecule has 0 atom stereocenters. The Balaban J connectivity index is 2.00. The zero-order valence-electron chi connectivity index (χ0n) is 10.8. The molecule has 2 aromatic rings. The average Bonchev–Trinajstić information content (AvgIpc) is 2.73. The van der Waals surface area contributed by atoms with E-state index < -0.39 is 4.92 Å². The van der Waals surface area contributed by atoms with E-state index in [-0.39, 0.29) is 22.8 Å². The highest BCUT2D eigenvalue weighted by molar-refractivity contribution is 6.41. The largest absolute Gasteiger partial charge is 0.288 e. The Hall–Kier alpha value is -3.08. The molecule has 1 aliphatic rings. The highest BCUT2D eigenvalue weighted by atomic mass is 16.6. The molecule has 0 aromatic heterocycles. The normalized spacial score (nSPS) is 13.2. The van der Waals surface area contributed by atoms with Crippen molar-refractivity contribution in [2.24, 2.45) is 0 Å². The third-order valence-corrected chi connectivity index (χ3v) is 3.32. The van der Waals surface area contributed by atoms with Crippen LogP contribution in [0.25, 0.3) is 6.08 Å². The predicted octanol–water partition coefficient (Wildman–Crippen LogP) is 3.06. The number of hydrogen-bond acceptors (Lipinski definition) is 4. The van der Waals surface area contributed by atoms with Gasteiger partial charge in [0.15, 0.2) is 11.6 Å². The minimum atomic E-state index is -0.501. The molecular formula is C16H9NO4. The number of rotatable bonds is 2. The number of nitro benzene ring substituents is 1. The van der Waals surface area contributed by atoms with Crippen LogP contribution in [0.4, 0.5) is 5.69 Å². The lowest BCUT2D eigenvalue weighted by atomic mass is 10.1. The number of ketones is 2. The molecule has 5 nitrogen and oxygen atoms in total. The number of benzene rings is 2. The zero-order chi connectivity index (χ0) is 15.0. The van der Waals surface area contributed by atoms with E-state index in [0.29, 0.717) is 16.7 Å². The van der Waals surface area contributed by atoms with Crippen molar-refractivity contribution in [2.45, 2.75) is 0 Å². The van der Waals surface area contributed by atoms with E-state index in [2.05, 4.69) is 0 Å². The predicted molar refractivity (Wildman–Crippen MR) is 76.2 cm³/mol. The first-order valence-corrected chi connectivity index (χ1v) is 6.22. The van der Waals surface area contributed by atoms with Gasteiger partial charge in [0, 0.05) is 23.3 Å². The zero-order valence-corrected chi connectivity index (χ0v) is 10.8. The highest BCUT2D eigenvalue weighted by Gasteiger charge is 2.32. The molecule has 0 saturated carbocycles. The number of fused-ring (bicyclic) bond motifs is 1. The molecule has 21 heavy (non-hydrogen) atoms. The van der Waals surface area contributed by atoms with Gasteiger partial charge in [0.2, 0.25) is 0 Å². The molecule has 0 saturated heterocycles. The lowest BCUT2D eigenvalue weighted by molar-refractivity contribution is -0.384. The van der Waals surface area contributed by atoms with E-state index in [1.54, 1.807) is 24.3 Å². The monoisotopic (exact) mass is 279 g/mol. The third kappa shape index (κ3) is 2.14. The molecule has 0 radical (unpaired) electrons. The molecular weight excluding hydrogens is 270 g/mol. The number of nitro groups is 1. The minimum Gasteiger partial charge on any atom is -0.288 e. The summed E-state index contributed by atoms with van der Waals surface area (Å²) in [5.74, 6) is -0.622. The van der Waals surface area contributed by atoms with Gasteiger partial charge in [-0.1, -0.05) is 24.3 Å². The number of Topliss-reactive ketones (excluding diaryl/α,β-unsaturated/α-hetero) is 2. The molecule has 0 N–H and O–H groups in total. The van der Waals surface area contributed by atoms with Crippen LogP contribution >= 0.6 is 0 Å². The Morgan fingerprint density at radius 3 is 1.86 bits per heavy atom. The van der Waals surface area contributed by atoms with Crippen molar-refractivity contribution in [3.05, 3.63) is 80.9 Å². The lowest BCUT2D eigenvalue weighted by Gasteiger charge is -1.96. The number of non-ortho nitro benzene ring substituents is 1. The molecule has 2 aromatic carbocycles. The summed E-state index contributed by atoms with van der Waals surface area (Å²) in [5, 5.41) is 10.6. The van der Waals surface area contributed by atoms with Crippen molar-refractivity contribution in [3.63, 3.8) is 0 Å². The number of hydrogen-bond donors (Lipinski definition) is 0. The molecule has 0 amide bonds. The van der Waals surface area contributed by atoms with E-state index >= 15 is 0 Å². The van der Waals surface area contributed by atoms with Gasteiger partial charge in [-0.25, -0.2) is 0 Å². The van der Waals surface area contributed by atoms with Crippen LogP contribution in [0, 0.1) is 10.1 Å². The Labute approximate surface area is 119 Å². The van der Waals surface area contributed by atoms with Gasteiger partial charge >= 0.3 is 0 Å². The standard InChI is InChI=1S/C16H9NO4/c18-15-12-3-1-2-4-13(12)16(19)14(15)9-10-5-7-11(8-6-10)17(20)21/h1-9H. The summed E-state index contributed by atoms with van der Waals surface area (Å²) < 4.78 is 0. The second-order valence-corrected chi connectivity index (χ2v) is 4.61. The van der Waals surface area contributed by atoms with E-state index in [9.17, 15) is 19.7 Å². The van der Waals surface area contributed by atoms with Gasteiger partial charge in [-0.15, -0.1) is 0 Å². The Bertz CT molecular complexity index is 766. The minimum absolute atomic E-state index is 0.0375. The van der Waals surface area contributed by atoms with E-state index in [1.165, 1.54) is 30.3 Å². The maximum absolute atomic E-state index is 12.2. The maximum atomic E-state index is 12.2. The van der Waals surface area contributed by atoms with Crippen molar-refractivity contribution < 1.29 is 14.5 Å². The van der Waals surface area contributed by atoms with Crippen molar-refractivity contribution >= 4 is 23.3 Å². The van der Waals surface area contributed by atoms with Gasteiger partial charge in [-0.3, -0.25) is 19.7 Å². The fraction of sp³-hybridized carbons (Fsp3) is 0. The first-order chi connectivity index (χ1) is 10.1. The van der Waals surface area contributed by atoms with Crippen molar-refractivity contribution in [3.8, 4) is 0 Å². The van der Waals surface area contributed by atoms with Crippen LogP contribution in [-0.4, -0.2) is 16.5 Å². The Morgan fingerprint density at radius 1 is 0.857 bits per heavy atom. The van der Waals surface area contributed by atoms with Crippen LogP contribution in [-0.2, 0) is 0 Å². The molecule has 0 aliphatic heterocycles. The topological polar surface area (TPSA) is 77.3 Å². The smallest absolute Gasteiger partial charge is 0.269 e. The average molecular weight is 279 g/mol. The Morgan fingerprint density at radius 2 is 1.38 bits per heavy atom.